The molecule has 0 saturated carbocycles. The fourth-order valence-electron chi connectivity index (χ4n) is 6.69. The molecule has 0 bridgehead atoms. The maximum atomic E-state index is 14.1. The summed E-state index contributed by atoms with van der Waals surface area (Å²) in [6, 6.07) is 9.81. The molecule has 10 atom stereocenters. The Labute approximate surface area is 322 Å². The second kappa shape index (κ2) is 16.3. The lowest BCUT2D eigenvalue weighted by Gasteiger charge is -2.42. The molecule has 2 saturated heterocycles. The molecule has 4 aromatic rings. The summed E-state index contributed by atoms with van der Waals surface area (Å²) >= 11 is 0. The Morgan fingerprint density at radius 1 is 0.737 bits per heavy atom. The quantitative estimate of drug-likeness (QED) is 0.0918. The number of rotatable bonds is 12. The number of ketones is 1. The number of benzene rings is 3. The molecule has 0 spiro atoms. The number of Topliss-reactive ketones (excluding diaryl/α,β-unsaturated/α-hetero) is 1. The number of aliphatic hydroxyl groups excluding tert-OH is 7. The van der Waals surface area contributed by atoms with Gasteiger partial charge >= 0.3 is 0 Å². The maximum Gasteiger partial charge on any atom is 0.240 e. The van der Waals surface area contributed by atoms with Crippen molar-refractivity contribution in [3.8, 4) is 51.4 Å². The summed E-state index contributed by atoms with van der Waals surface area (Å²) in [7, 11) is 2.68. The highest BCUT2D eigenvalue weighted by molar-refractivity contribution is 5.94. The van der Waals surface area contributed by atoms with E-state index < -0.39 is 80.1 Å². The van der Waals surface area contributed by atoms with Crippen LogP contribution >= 0.6 is 0 Å². The van der Waals surface area contributed by atoms with E-state index in [1.54, 1.807) is 0 Å². The summed E-state index contributed by atoms with van der Waals surface area (Å²) in [6.45, 7) is -0.260. The second-order valence-electron chi connectivity index (χ2n) is 13.3. The summed E-state index contributed by atoms with van der Waals surface area (Å²) in [5.41, 5.74) is 0.0205. The van der Waals surface area contributed by atoms with Crippen LogP contribution in [0.25, 0.3) is 22.1 Å². The number of carbonyl (C=O) groups excluding carboxylic acids is 1. The minimum Gasteiger partial charge on any atom is -0.493 e. The molecular formula is C38H40O19. The maximum absolute atomic E-state index is 14.1. The van der Waals surface area contributed by atoms with E-state index in [4.69, 9.17) is 47.0 Å². The zero-order chi connectivity index (χ0) is 40.7. The van der Waals surface area contributed by atoms with Crippen molar-refractivity contribution in [2.75, 3.05) is 34.2 Å². The van der Waals surface area contributed by atoms with Crippen LogP contribution in [0.4, 0.5) is 0 Å². The number of methoxy groups -OCH3 is 2. The molecule has 3 aromatic carbocycles. The van der Waals surface area contributed by atoms with E-state index in [1.165, 1.54) is 69.9 Å². The van der Waals surface area contributed by atoms with Crippen molar-refractivity contribution >= 4 is 16.8 Å². The fourth-order valence-corrected chi connectivity index (χ4v) is 6.69. The summed E-state index contributed by atoms with van der Waals surface area (Å²) in [5.74, 6) is -0.0415. The first-order valence-corrected chi connectivity index (χ1v) is 17.6. The largest absolute Gasteiger partial charge is 0.493 e. The van der Waals surface area contributed by atoms with Crippen LogP contribution < -0.4 is 38.6 Å². The topological polar surface area (TPSA) is 272 Å². The molecule has 19 nitrogen and oxygen atoms in total. The average Bonchev–Trinajstić information content (AvgIpc) is 3.69. The third kappa shape index (κ3) is 7.40. The van der Waals surface area contributed by atoms with Gasteiger partial charge in [-0.25, -0.2) is 0 Å². The normalized spacial score (nSPS) is 28.2. The van der Waals surface area contributed by atoms with Crippen LogP contribution in [-0.4, -0.2) is 137 Å². The summed E-state index contributed by atoms with van der Waals surface area (Å²) in [4.78, 5) is 26.1. The van der Waals surface area contributed by atoms with Crippen molar-refractivity contribution in [1.82, 2.24) is 0 Å². The predicted octanol–water partition coefficient (Wildman–Crippen LogP) is -0.147. The van der Waals surface area contributed by atoms with E-state index in [1.807, 2.05) is 0 Å². The molecule has 7 N–H and O–H groups in total. The summed E-state index contributed by atoms with van der Waals surface area (Å²) in [5, 5.41) is 73.7. The fraction of sp³-hybridized carbons (Fsp3) is 0.421. The smallest absolute Gasteiger partial charge is 0.240 e. The van der Waals surface area contributed by atoms with Gasteiger partial charge in [-0.2, -0.15) is 0 Å². The van der Waals surface area contributed by atoms with Crippen molar-refractivity contribution < 1.29 is 87.6 Å². The minimum atomic E-state index is -1.87. The number of carbonyl (C=O) groups is 1. The molecule has 3 aliphatic heterocycles. The third-order valence-corrected chi connectivity index (χ3v) is 9.81. The number of ether oxygens (including phenoxy) is 9. The molecule has 2 fully saturated rings. The van der Waals surface area contributed by atoms with Gasteiger partial charge in [-0.05, 0) is 42.8 Å². The Hall–Kier alpha value is -5.22. The molecule has 0 aliphatic carbocycles. The van der Waals surface area contributed by atoms with E-state index in [-0.39, 0.29) is 69.2 Å². The van der Waals surface area contributed by atoms with Gasteiger partial charge in [0.2, 0.25) is 30.6 Å². The monoisotopic (exact) mass is 800 g/mol. The van der Waals surface area contributed by atoms with Gasteiger partial charge in [-0.1, -0.05) is 6.07 Å². The Morgan fingerprint density at radius 2 is 1.40 bits per heavy atom. The SMILES string of the molecule is COc1cc(C(C)=O)ccc1O[C@H]1[C@H](Oc2ccc(-c3coc4cc5c(c(OC)c4c3=O)OCO5)cc2O[C@@H]2O[C@H](CO)[C@@H](O)[C@H](O)[C@H]2O)O[C@H](CO)[C@@H](O)[C@@H]1O. The first kappa shape index (κ1) is 40.0. The lowest BCUT2D eigenvalue weighted by atomic mass is 9.98. The standard InChI is InChI=1S/C38H40O19/c1-15(41)16-4-6-19(21(8-16)48-2)53-36-32(46)30(44)26(12-40)57-38(36)54-20-7-5-17(9-22(20)55-37-33(47)31(45)29(43)25(11-39)56-37)18-13-50-23-10-24-34(52-14-51-24)35(49-3)27(23)28(18)42/h4-10,13,25-26,29-33,36-40,43-47H,11-12,14H2,1-3H3/t25-,26-,29-,30-,31+,32+,33-,36-,37-,38-/m1/s1. The van der Waals surface area contributed by atoms with E-state index in [0.29, 0.717) is 11.3 Å². The van der Waals surface area contributed by atoms with E-state index in [2.05, 4.69) is 0 Å². The van der Waals surface area contributed by atoms with Crippen molar-refractivity contribution in [2.45, 2.75) is 68.3 Å². The van der Waals surface area contributed by atoms with E-state index in [0.717, 1.165) is 0 Å². The zero-order valence-corrected chi connectivity index (χ0v) is 30.5. The van der Waals surface area contributed by atoms with Crippen molar-refractivity contribution in [3.05, 3.63) is 64.5 Å². The molecule has 4 heterocycles. The van der Waals surface area contributed by atoms with Crippen LogP contribution in [0, 0.1) is 0 Å². The lowest BCUT2D eigenvalue weighted by Crippen LogP contribution is -2.62. The summed E-state index contributed by atoms with van der Waals surface area (Å²) < 4.78 is 57.5. The van der Waals surface area contributed by atoms with Crippen LogP contribution in [0.1, 0.15) is 17.3 Å². The van der Waals surface area contributed by atoms with Crippen molar-refractivity contribution in [3.63, 3.8) is 0 Å². The number of fused-ring (bicyclic) bond motifs is 2. The molecular weight excluding hydrogens is 760 g/mol. The molecule has 0 amide bonds. The third-order valence-electron chi connectivity index (χ3n) is 9.81. The van der Waals surface area contributed by atoms with Gasteiger partial charge in [0.15, 0.2) is 46.4 Å². The minimum absolute atomic E-state index is 0.0139. The Bertz CT molecular complexity index is 2170. The Balaban J connectivity index is 1.30. The van der Waals surface area contributed by atoms with Gasteiger partial charge in [-0.3, -0.25) is 9.59 Å². The van der Waals surface area contributed by atoms with Gasteiger partial charge in [-0.15, -0.1) is 0 Å². The molecule has 306 valence electrons. The first-order valence-electron chi connectivity index (χ1n) is 17.6. The predicted molar refractivity (Wildman–Crippen MR) is 191 cm³/mol. The van der Waals surface area contributed by atoms with Gasteiger partial charge in [0.05, 0.1) is 33.0 Å². The van der Waals surface area contributed by atoms with Gasteiger partial charge in [0.1, 0.15) is 60.0 Å². The molecule has 0 radical (unpaired) electrons. The van der Waals surface area contributed by atoms with Crippen molar-refractivity contribution in [1.29, 1.82) is 0 Å². The molecule has 3 aliphatic rings. The number of aliphatic hydroxyl groups is 7. The highest BCUT2D eigenvalue weighted by Gasteiger charge is 2.49. The second-order valence-corrected chi connectivity index (χ2v) is 13.3. The van der Waals surface area contributed by atoms with Gasteiger partial charge in [0.25, 0.3) is 0 Å². The highest BCUT2D eigenvalue weighted by Crippen LogP contribution is 2.46. The zero-order valence-electron chi connectivity index (χ0n) is 30.5. The van der Waals surface area contributed by atoms with Crippen LogP contribution in [0.5, 0.6) is 40.2 Å². The van der Waals surface area contributed by atoms with Gasteiger partial charge in [0, 0.05) is 11.6 Å². The number of hydrogen-bond acceptors (Lipinski definition) is 19. The average molecular weight is 801 g/mol. The van der Waals surface area contributed by atoms with Crippen LogP contribution in [0.15, 0.2) is 57.9 Å². The van der Waals surface area contributed by atoms with Crippen LogP contribution in [-0.2, 0) is 9.47 Å². The molecule has 0 unspecified atom stereocenters. The van der Waals surface area contributed by atoms with Gasteiger partial charge < -0.3 is 82.8 Å². The van der Waals surface area contributed by atoms with Crippen LogP contribution in [0.3, 0.4) is 0 Å². The lowest BCUT2D eigenvalue weighted by molar-refractivity contribution is -0.280. The molecule has 57 heavy (non-hydrogen) atoms. The summed E-state index contributed by atoms with van der Waals surface area (Å²) in [6.07, 6.45) is -15.3. The van der Waals surface area contributed by atoms with Crippen LogP contribution in [0.2, 0.25) is 0 Å². The van der Waals surface area contributed by atoms with E-state index in [9.17, 15) is 45.3 Å². The Morgan fingerprint density at radius 3 is 2.09 bits per heavy atom. The highest BCUT2D eigenvalue weighted by atomic mass is 16.7. The number of hydrogen-bond donors (Lipinski definition) is 7. The molecule has 1 aromatic heterocycles. The molecule has 19 heteroatoms. The van der Waals surface area contributed by atoms with E-state index >= 15 is 0 Å². The first-order chi connectivity index (χ1) is 27.4. The molecule has 7 rings (SSSR count). The Kier molecular flexibility index (Phi) is 11.5. The van der Waals surface area contributed by atoms with Crippen molar-refractivity contribution in [2.24, 2.45) is 0 Å².